The van der Waals surface area contributed by atoms with Gasteiger partial charge in [0.25, 0.3) is 0 Å². The molecular formula is C15H21Cl2N3O. The Morgan fingerprint density at radius 2 is 1.95 bits per heavy atom. The van der Waals surface area contributed by atoms with E-state index in [9.17, 15) is 4.79 Å². The summed E-state index contributed by atoms with van der Waals surface area (Å²) in [6.45, 7) is 7.19. The van der Waals surface area contributed by atoms with Gasteiger partial charge in [-0.25, -0.2) is 0 Å². The summed E-state index contributed by atoms with van der Waals surface area (Å²) in [6.07, 6.45) is 1.11. The normalized spacial score (nSPS) is 24.0. The number of hydrogen-bond donors (Lipinski definition) is 2. The van der Waals surface area contributed by atoms with Crippen LogP contribution in [0.15, 0.2) is 12.1 Å². The first-order valence-corrected chi connectivity index (χ1v) is 7.86. The average Bonchev–Trinajstić information content (AvgIpc) is 2.71. The third-order valence-electron chi connectivity index (χ3n) is 4.02. The number of carbonyl (C=O) groups is 1. The van der Waals surface area contributed by atoms with Gasteiger partial charge in [-0.3, -0.25) is 9.69 Å². The van der Waals surface area contributed by atoms with Gasteiger partial charge in [0.2, 0.25) is 5.91 Å². The molecule has 0 bridgehead atoms. The van der Waals surface area contributed by atoms with E-state index in [4.69, 9.17) is 28.9 Å². The predicted octanol–water partition coefficient (Wildman–Crippen LogP) is 3.63. The van der Waals surface area contributed by atoms with Gasteiger partial charge in [-0.1, -0.05) is 30.1 Å². The molecule has 1 aliphatic rings. The maximum absolute atomic E-state index is 12.4. The minimum Gasteiger partial charge on any atom is -0.399 e. The first-order valence-electron chi connectivity index (χ1n) is 7.10. The summed E-state index contributed by atoms with van der Waals surface area (Å²) in [7, 11) is 0. The third kappa shape index (κ3) is 3.62. The number of nitrogens with one attached hydrogen (secondary N) is 1. The van der Waals surface area contributed by atoms with Crippen LogP contribution >= 0.6 is 23.2 Å². The number of rotatable bonds is 3. The van der Waals surface area contributed by atoms with Crippen molar-refractivity contribution in [1.29, 1.82) is 0 Å². The van der Waals surface area contributed by atoms with E-state index in [1.807, 2.05) is 6.92 Å². The molecular weight excluding hydrogens is 309 g/mol. The van der Waals surface area contributed by atoms with E-state index in [2.05, 4.69) is 24.1 Å². The Hall–Kier alpha value is -0.970. The molecule has 4 nitrogen and oxygen atoms in total. The second kappa shape index (κ2) is 6.42. The highest BCUT2D eigenvalue weighted by atomic mass is 35.5. The Bertz CT molecular complexity index is 527. The molecule has 0 saturated carbocycles. The second-order valence-corrected chi connectivity index (χ2v) is 6.73. The lowest BCUT2D eigenvalue weighted by Crippen LogP contribution is -2.43. The van der Waals surface area contributed by atoms with E-state index in [1.165, 1.54) is 0 Å². The van der Waals surface area contributed by atoms with Gasteiger partial charge in [0.15, 0.2) is 0 Å². The molecule has 1 aromatic rings. The van der Waals surface area contributed by atoms with Crippen LogP contribution < -0.4 is 11.1 Å². The number of nitrogens with zero attached hydrogens (tertiary/aromatic N) is 1. The highest BCUT2D eigenvalue weighted by Gasteiger charge is 2.33. The monoisotopic (exact) mass is 329 g/mol. The van der Waals surface area contributed by atoms with Crippen molar-refractivity contribution in [2.75, 3.05) is 17.6 Å². The van der Waals surface area contributed by atoms with E-state index in [-0.39, 0.29) is 11.9 Å². The number of nitrogens with two attached hydrogens (primary N) is 1. The molecule has 2 rings (SSSR count). The molecule has 0 aliphatic carbocycles. The number of halogens is 2. The summed E-state index contributed by atoms with van der Waals surface area (Å²) in [5, 5.41) is 3.52. The molecule has 0 spiro atoms. The van der Waals surface area contributed by atoms with Crippen LogP contribution in [0.5, 0.6) is 0 Å². The van der Waals surface area contributed by atoms with Gasteiger partial charge in [-0.2, -0.15) is 0 Å². The van der Waals surface area contributed by atoms with Crippen molar-refractivity contribution in [1.82, 2.24) is 4.90 Å². The smallest absolute Gasteiger partial charge is 0.241 e. The SMILES string of the molecule is CC1CC(C)N(C(C)C(=O)Nc2c(Cl)cc(N)cc2Cl)C1. The number of nitrogen functional groups attached to an aromatic ring is 1. The van der Waals surface area contributed by atoms with Gasteiger partial charge < -0.3 is 11.1 Å². The van der Waals surface area contributed by atoms with Gasteiger partial charge in [0, 0.05) is 18.3 Å². The van der Waals surface area contributed by atoms with E-state index in [0.29, 0.717) is 33.4 Å². The second-order valence-electron chi connectivity index (χ2n) is 5.91. The largest absolute Gasteiger partial charge is 0.399 e. The Morgan fingerprint density at radius 1 is 1.38 bits per heavy atom. The minimum absolute atomic E-state index is 0.107. The van der Waals surface area contributed by atoms with Crippen LogP contribution in [0.3, 0.4) is 0 Å². The lowest BCUT2D eigenvalue weighted by atomic mass is 10.1. The molecule has 3 N–H and O–H groups in total. The lowest BCUT2D eigenvalue weighted by molar-refractivity contribution is -0.121. The highest BCUT2D eigenvalue weighted by molar-refractivity contribution is 6.40. The number of anilines is 2. The zero-order valence-corrected chi connectivity index (χ0v) is 14.0. The summed E-state index contributed by atoms with van der Waals surface area (Å²) in [5.74, 6) is 0.503. The van der Waals surface area contributed by atoms with Gasteiger partial charge in [0.1, 0.15) is 0 Å². The van der Waals surface area contributed by atoms with Crippen LogP contribution in [0.25, 0.3) is 0 Å². The van der Waals surface area contributed by atoms with Crippen molar-refractivity contribution < 1.29 is 4.79 Å². The topological polar surface area (TPSA) is 58.4 Å². The van der Waals surface area contributed by atoms with Crippen molar-refractivity contribution in [2.45, 2.75) is 39.3 Å². The predicted molar refractivity (Wildman–Crippen MR) is 88.9 cm³/mol. The first kappa shape index (κ1) is 16.4. The third-order valence-corrected chi connectivity index (χ3v) is 4.62. The molecule has 1 amide bonds. The molecule has 0 aromatic heterocycles. The molecule has 116 valence electrons. The molecule has 1 fully saturated rings. The fraction of sp³-hybridized carbons (Fsp3) is 0.533. The number of amides is 1. The van der Waals surface area contributed by atoms with Crippen molar-refractivity contribution in [3.05, 3.63) is 22.2 Å². The lowest BCUT2D eigenvalue weighted by Gasteiger charge is -2.27. The Balaban J connectivity index is 2.11. The molecule has 1 heterocycles. The summed E-state index contributed by atoms with van der Waals surface area (Å²) in [5.41, 5.74) is 6.55. The van der Waals surface area contributed by atoms with E-state index in [1.54, 1.807) is 12.1 Å². The molecule has 1 aliphatic heterocycles. The summed E-state index contributed by atoms with van der Waals surface area (Å²) in [4.78, 5) is 14.6. The standard InChI is InChI=1S/C15H21Cl2N3O/c1-8-4-9(2)20(7-8)10(3)15(21)19-14-12(16)5-11(18)6-13(14)17/h5-6,8-10H,4,7,18H2,1-3H3,(H,19,21). The minimum atomic E-state index is -0.227. The fourth-order valence-electron chi connectivity index (χ4n) is 2.96. The molecule has 0 radical (unpaired) electrons. The van der Waals surface area contributed by atoms with Gasteiger partial charge >= 0.3 is 0 Å². The Morgan fingerprint density at radius 3 is 2.43 bits per heavy atom. The molecule has 1 aromatic carbocycles. The number of benzene rings is 1. The van der Waals surface area contributed by atoms with Gasteiger partial charge in [0.05, 0.1) is 21.8 Å². The quantitative estimate of drug-likeness (QED) is 0.832. The maximum Gasteiger partial charge on any atom is 0.241 e. The van der Waals surface area contributed by atoms with Crippen molar-refractivity contribution in [3.63, 3.8) is 0 Å². The van der Waals surface area contributed by atoms with Crippen LogP contribution in [0, 0.1) is 5.92 Å². The van der Waals surface area contributed by atoms with E-state index in [0.717, 1.165) is 13.0 Å². The Labute approximate surface area is 135 Å². The maximum atomic E-state index is 12.4. The summed E-state index contributed by atoms with van der Waals surface area (Å²) in [6, 6.07) is 3.33. The summed E-state index contributed by atoms with van der Waals surface area (Å²) < 4.78 is 0. The number of likely N-dealkylation sites (tertiary alicyclic amines) is 1. The van der Waals surface area contributed by atoms with Gasteiger partial charge in [-0.05, 0) is 38.3 Å². The molecule has 3 atom stereocenters. The average molecular weight is 330 g/mol. The van der Waals surface area contributed by atoms with Crippen LogP contribution in [0.4, 0.5) is 11.4 Å². The van der Waals surface area contributed by atoms with Gasteiger partial charge in [-0.15, -0.1) is 0 Å². The van der Waals surface area contributed by atoms with Crippen molar-refractivity contribution in [2.24, 2.45) is 5.92 Å². The van der Waals surface area contributed by atoms with Crippen LogP contribution in [-0.2, 0) is 4.79 Å². The Kier molecular flexibility index (Phi) is 5.02. The molecule has 1 saturated heterocycles. The molecule has 6 heteroatoms. The number of hydrogen-bond acceptors (Lipinski definition) is 3. The summed E-state index contributed by atoms with van der Waals surface area (Å²) >= 11 is 12.2. The molecule has 3 unspecified atom stereocenters. The van der Waals surface area contributed by atoms with Crippen LogP contribution in [0.1, 0.15) is 27.2 Å². The van der Waals surface area contributed by atoms with E-state index < -0.39 is 0 Å². The highest BCUT2D eigenvalue weighted by Crippen LogP contribution is 2.33. The zero-order valence-electron chi connectivity index (χ0n) is 12.5. The first-order chi connectivity index (χ1) is 9.79. The van der Waals surface area contributed by atoms with Crippen LogP contribution in [-0.4, -0.2) is 29.4 Å². The fourth-order valence-corrected chi connectivity index (χ4v) is 3.56. The zero-order chi connectivity index (χ0) is 15.7. The number of carbonyl (C=O) groups excluding carboxylic acids is 1. The molecule has 21 heavy (non-hydrogen) atoms. The van der Waals surface area contributed by atoms with E-state index >= 15 is 0 Å². The van der Waals surface area contributed by atoms with Crippen molar-refractivity contribution >= 4 is 40.5 Å². The van der Waals surface area contributed by atoms with Crippen molar-refractivity contribution in [3.8, 4) is 0 Å². The van der Waals surface area contributed by atoms with Crippen LogP contribution in [0.2, 0.25) is 10.0 Å².